The van der Waals surface area contributed by atoms with Gasteiger partial charge >= 0.3 is 0 Å². The van der Waals surface area contributed by atoms with Gasteiger partial charge in [-0.15, -0.1) is 6.58 Å². The Kier molecular flexibility index (Phi) is 3.55. The Balaban J connectivity index is 3.44. The molecule has 9 heavy (non-hydrogen) atoms. The Hall–Kier alpha value is -0.300. The average molecular weight is 128 g/mol. The van der Waals surface area contributed by atoms with Gasteiger partial charge in [-0.25, -0.2) is 0 Å². The fourth-order valence-corrected chi connectivity index (χ4v) is 0.590. The minimum atomic E-state index is -0.478. The van der Waals surface area contributed by atoms with Gasteiger partial charge in [-0.1, -0.05) is 13.0 Å². The van der Waals surface area contributed by atoms with Gasteiger partial charge in [-0.2, -0.15) is 0 Å². The van der Waals surface area contributed by atoms with Crippen molar-refractivity contribution in [1.82, 2.24) is 0 Å². The van der Waals surface area contributed by atoms with Crippen LogP contribution in [0.25, 0.3) is 0 Å². The first kappa shape index (κ1) is 8.70. The smallest absolute Gasteiger partial charge is 0.0620 e. The van der Waals surface area contributed by atoms with E-state index in [2.05, 4.69) is 6.58 Å². The summed E-state index contributed by atoms with van der Waals surface area (Å²) in [6, 6.07) is 0. The normalized spacial score (nSPS) is 16.8. The SMILES string of the molecule is C=CCC[C@@](C)(O)CC. The summed E-state index contributed by atoms with van der Waals surface area (Å²) < 4.78 is 0. The summed E-state index contributed by atoms with van der Waals surface area (Å²) in [6.45, 7) is 7.43. The van der Waals surface area contributed by atoms with Crippen LogP contribution in [-0.4, -0.2) is 10.7 Å². The standard InChI is InChI=1S/C8H16O/c1-4-6-7-8(3,9)5-2/h4,9H,1,5-7H2,2-3H3/t8-/m0/s1. The molecule has 0 saturated carbocycles. The molecule has 0 bridgehead atoms. The Bertz CT molecular complexity index is 84.6. The molecular formula is C8H16O. The molecule has 1 N–H and O–H groups in total. The first-order chi connectivity index (χ1) is 4.12. The molecule has 0 spiro atoms. The molecule has 0 amide bonds. The second kappa shape index (κ2) is 3.67. The predicted octanol–water partition coefficient (Wildman–Crippen LogP) is 2.11. The Morgan fingerprint density at radius 3 is 2.56 bits per heavy atom. The molecule has 0 saturated heterocycles. The molecule has 0 aliphatic rings. The van der Waals surface area contributed by atoms with Crippen molar-refractivity contribution >= 4 is 0 Å². The van der Waals surface area contributed by atoms with E-state index < -0.39 is 5.60 Å². The van der Waals surface area contributed by atoms with E-state index in [0.29, 0.717) is 0 Å². The molecule has 0 fully saturated rings. The monoisotopic (exact) mass is 128 g/mol. The van der Waals surface area contributed by atoms with Crippen LogP contribution in [0.15, 0.2) is 12.7 Å². The van der Waals surface area contributed by atoms with Crippen LogP contribution in [0.2, 0.25) is 0 Å². The molecule has 1 nitrogen and oxygen atoms in total. The van der Waals surface area contributed by atoms with Crippen molar-refractivity contribution in [2.45, 2.75) is 38.7 Å². The fraction of sp³-hybridized carbons (Fsp3) is 0.750. The number of hydrogen-bond acceptors (Lipinski definition) is 1. The van der Waals surface area contributed by atoms with Gasteiger partial charge in [0.25, 0.3) is 0 Å². The van der Waals surface area contributed by atoms with E-state index in [1.54, 1.807) is 0 Å². The molecule has 1 atom stereocenters. The van der Waals surface area contributed by atoms with Crippen LogP contribution >= 0.6 is 0 Å². The Morgan fingerprint density at radius 2 is 2.22 bits per heavy atom. The first-order valence-corrected chi connectivity index (χ1v) is 3.45. The third kappa shape index (κ3) is 4.22. The van der Waals surface area contributed by atoms with Crippen molar-refractivity contribution in [3.8, 4) is 0 Å². The van der Waals surface area contributed by atoms with Gasteiger partial charge in [-0.05, 0) is 26.2 Å². The lowest BCUT2D eigenvalue weighted by molar-refractivity contribution is 0.0480. The number of aliphatic hydroxyl groups is 1. The van der Waals surface area contributed by atoms with E-state index in [1.165, 1.54) is 0 Å². The fourth-order valence-electron chi connectivity index (χ4n) is 0.590. The van der Waals surface area contributed by atoms with E-state index in [1.807, 2.05) is 19.9 Å². The van der Waals surface area contributed by atoms with Crippen molar-refractivity contribution in [1.29, 1.82) is 0 Å². The summed E-state index contributed by atoms with van der Waals surface area (Å²) in [7, 11) is 0. The maximum absolute atomic E-state index is 9.41. The molecule has 0 aliphatic heterocycles. The minimum absolute atomic E-state index is 0.478. The highest BCUT2D eigenvalue weighted by Gasteiger charge is 2.14. The minimum Gasteiger partial charge on any atom is -0.390 e. The summed E-state index contributed by atoms with van der Waals surface area (Å²) in [5, 5.41) is 9.41. The second-order valence-electron chi connectivity index (χ2n) is 2.68. The average Bonchev–Trinajstić information content (AvgIpc) is 1.84. The van der Waals surface area contributed by atoms with E-state index in [4.69, 9.17) is 0 Å². The molecule has 0 aliphatic carbocycles. The molecule has 0 aromatic rings. The molecule has 0 unspecified atom stereocenters. The zero-order chi connectivity index (χ0) is 7.33. The maximum Gasteiger partial charge on any atom is 0.0620 e. The summed E-state index contributed by atoms with van der Waals surface area (Å²) in [6.07, 6.45) is 4.39. The third-order valence-corrected chi connectivity index (χ3v) is 1.65. The summed E-state index contributed by atoms with van der Waals surface area (Å²) >= 11 is 0. The Labute approximate surface area is 57.4 Å². The second-order valence-corrected chi connectivity index (χ2v) is 2.68. The van der Waals surface area contributed by atoms with Gasteiger partial charge in [0.15, 0.2) is 0 Å². The zero-order valence-electron chi connectivity index (χ0n) is 6.35. The number of hydrogen-bond donors (Lipinski definition) is 1. The number of allylic oxidation sites excluding steroid dienone is 1. The summed E-state index contributed by atoms with van der Waals surface area (Å²) in [5.41, 5.74) is -0.478. The van der Waals surface area contributed by atoms with E-state index in [9.17, 15) is 5.11 Å². The van der Waals surface area contributed by atoms with Gasteiger partial charge in [0, 0.05) is 0 Å². The molecule has 0 aromatic heterocycles. The van der Waals surface area contributed by atoms with Gasteiger partial charge < -0.3 is 5.11 Å². The van der Waals surface area contributed by atoms with Crippen molar-refractivity contribution in [2.75, 3.05) is 0 Å². The maximum atomic E-state index is 9.41. The molecule has 0 aromatic carbocycles. The van der Waals surface area contributed by atoms with Crippen LogP contribution in [0.1, 0.15) is 33.1 Å². The lowest BCUT2D eigenvalue weighted by Gasteiger charge is -2.19. The van der Waals surface area contributed by atoms with Crippen molar-refractivity contribution < 1.29 is 5.11 Å². The first-order valence-electron chi connectivity index (χ1n) is 3.45. The molecule has 0 radical (unpaired) electrons. The topological polar surface area (TPSA) is 20.2 Å². The van der Waals surface area contributed by atoms with E-state index >= 15 is 0 Å². The van der Waals surface area contributed by atoms with E-state index in [0.717, 1.165) is 19.3 Å². The van der Waals surface area contributed by atoms with Gasteiger partial charge in [0.05, 0.1) is 5.60 Å². The summed E-state index contributed by atoms with van der Waals surface area (Å²) in [4.78, 5) is 0. The molecule has 1 heteroatoms. The van der Waals surface area contributed by atoms with Crippen molar-refractivity contribution in [3.63, 3.8) is 0 Å². The summed E-state index contributed by atoms with van der Waals surface area (Å²) in [5.74, 6) is 0. The number of rotatable bonds is 4. The van der Waals surface area contributed by atoms with Crippen LogP contribution in [0.5, 0.6) is 0 Å². The molecular weight excluding hydrogens is 112 g/mol. The van der Waals surface area contributed by atoms with Crippen LogP contribution < -0.4 is 0 Å². The van der Waals surface area contributed by atoms with Gasteiger partial charge in [0.2, 0.25) is 0 Å². The Morgan fingerprint density at radius 1 is 1.67 bits per heavy atom. The highest BCUT2D eigenvalue weighted by Crippen LogP contribution is 2.15. The van der Waals surface area contributed by atoms with Crippen molar-refractivity contribution in [3.05, 3.63) is 12.7 Å². The predicted molar refractivity (Wildman–Crippen MR) is 40.3 cm³/mol. The molecule has 0 heterocycles. The van der Waals surface area contributed by atoms with E-state index in [-0.39, 0.29) is 0 Å². The van der Waals surface area contributed by atoms with Crippen LogP contribution in [0, 0.1) is 0 Å². The molecule has 0 rings (SSSR count). The molecule has 54 valence electrons. The van der Waals surface area contributed by atoms with Crippen molar-refractivity contribution in [2.24, 2.45) is 0 Å². The highest BCUT2D eigenvalue weighted by molar-refractivity contribution is 4.76. The van der Waals surface area contributed by atoms with Gasteiger partial charge in [-0.3, -0.25) is 0 Å². The zero-order valence-corrected chi connectivity index (χ0v) is 6.35. The lowest BCUT2D eigenvalue weighted by atomic mass is 9.97. The highest BCUT2D eigenvalue weighted by atomic mass is 16.3. The van der Waals surface area contributed by atoms with Crippen LogP contribution in [-0.2, 0) is 0 Å². The van der Waals surface area contributed by atoms with Crippen LogP contribution in [0.4, 0.5) is 0 Å². The lowest BCUT2D eigenvalue weighted by Crippen LogP contribution is -2.21. The van der Waals surface area contributed by atoms with Crippen LogP contribution in [0.3, 0.4) is 0 Å². The van der Waals surface area contributed by atoms with Gasteiger partial charge in [0.1, 0.15) is 0 Å². The third-order valence-electron chi connectivity index (χ3n) is 1.65. The largest absolute Gasteiger partial charge is 0.390 e. The quantitative estimate of drug-likeness (QED) is 0.575.